The zero-order valence-electron chi connectivity index (χ0n) is 8.40. The third kappa shape index (κ3) is 5.10. The van der Waals surface area contributed by atoms with Crippen molar-refractivity contribution in [2.24, 2.45) is 5.92 Å². The molecule has 1 unspecified atom stereocenters. The monoisotopic (exact) mass is 236 g/mol. The third-order valence-electron chi connectivity index (χ3n) is 2.35. The number of carboxylic acids is 1. The Morgan fingerprint density at radius 2 is 2.27 bits per heavy atom. The fourth-order valence-corrected chi connectivity index (χ4v) is 2.45. The standard InChI is InChI=1S/C8H16N2O4S/c11-8(12)6-15(13,14)10-4-2-7-1-3-9-5-7/h7,9-10H,1-6H2,(H,11,12). The molecule has 1 atom stereocenters. The molecule has 1 heterocycles. The maximum atomic E-state index is 11.1. The largest absolute Gasteiger partial charge is 0.480 e. The number of aliphatic carboxylic acids is 1. The molecule has 1 aliphatic heterocycles. The quantitative estimate of drug-likeness (QED) is 0.549. The van der Waals surface area contributed by atoms with Crippen molar-refractivity contribution in [2.45, 2.75) is 12.8 Å². The summed E-state index contributed by atoms with van der Waals surface area (Å²) >= 11 is 0. The van der Waals surface area contributed by atoms with Gasteiger partial charge < -0.3 is 10.4 Å². The van der Waals surface area contributed by atoms with Gasteiger partial charge in [0.2, 0.25) is 10.0 Å². The van der Waals surface area contributed by atoms with Gasteiger partial charge in [-0.2, -0.15) is 0 Å². The van der Waals surface area contributed by atoms with Crippen LogP contribution < -0.4 is 10.0 Å². The van der Waals surface area contributed by atoms with E-state index >= 15 is 0 Å². The summed E-state index contributed by atoms with van der Waals surface area (Å²) in [5.41, 5.74) is 0. The lowest BCUT2D eigenvalue weighted by Crippen LogP contribution is -2.31. The van der Waals surface area contributed by atoms with Gasteiger partial charge in [-0.25, -0.2) is 13.1 Å². The van der Waals surface area contributed by atoms with Crippen molar-refractivity contribution in [1.82, 2.24) is 10.0 Å². The van der Waals surface area contributed by atoms with Gasteiger partial charge >= 0.3 is 5.97 Å². The molecule has 1 rings (SSSR count). The minimum Gasteiger partial charge on any atom is -0.480 e. The van der Waals surface area contributed by atoms with E-state index in [1.807, 2.05) is 0 Å². The predicted octanol–water partition coefficient (Wildman–Crippen LogP) is -1.01. The lowest BCUT2D eigenvalue weighted by atomic mass is 10.1. The maximum Gasteiger partial charge on any atom is 0.320 e. The molecule has 0 aromatic carbocycles. The van der Waals surface area contributed by atoms with Crippen molar-refractivity contribution in [1.29, 1.82) is 0 Å². The van der Waals surface area contributed by atoms with E-state index in [0.29, 0.717) is 12.5 Å². The van der Waals surface area contributed by atoms with E-state index in [-0.39, 0.29) is 0 Å². The van der Waals surface area contributed by atoms with Gasteiger partial charge in [0, 0.05) is 6.54 Å². The molecule has 3 N–H and O–H groups in total. The van der Waals surface area contributed by atoms with Crippen LogP contribution >= 0.6 is 0 Å². The van der Waals surface area contributed by atoms with Crippen molar-refractivity contribution in [2.75, 3.05) is 25.4 Å². The van der Waals surface area contributed by atoms with Crippen LogP contribution in [0.3, 0.4) is 0 Å². The molecule has 88 valence electrons. The highest BCUT2D eigenvalue weighted by Gasteiger charge is 2.17. The molecule has 7 heteroatoms. The summed E-state index contributed by atoms with van der Waals surface area (Å²) in [7, 11) is -3.64. The highest BCUT2D eigenvalue weighted by atomic mass is 32.2. The second-order valence-electron chi connectivity index (χ2n) is 3.69. The van der Waals surface area contributed by atoms with Crippen molar-refractivity contribution >= 4 is 16.0 Å². The number of hydrogen-bond donors (Lipinski definition) is 3. The minimum atomic E-state index is -3.64. The van der Waals surface area contributed by atoms with Crippen LogP contribution in [0.25, 0.3) is 0 Å². The molecular weight excluding hydrogens is 220 g/mol. The first-order chi connectivity index (χ1) is 6.99. The summed E-state index contributed by atoms with van der Waals surface area (Å²) in [5, 5.41) is 11.5. The zero-order valence-corrected chi connectivity index (χ0v) is 9.22. The summed E-state index contributed by atoms with van der Waals surface area (Å²) in [6, 6.07) is 0. The van der Waals surface area contributed by atoms with Crippen LogP contribution in [0, 0.1) is 5.92 Å². The highest BCUT2D eigenvalue weighted by Crippen LogP contribution is 2.10. The molecule has 0 amide bonds. The van der Waals surface area contributed by atoms with Crippen LogP contribution in [0.2, 0.25) is 0 Å². The van der Waals surface area contributed by atoms with E-state index in [4.69, 9.17) is 5.11 Å². The molecule has 0 aromatic heterocycles. The molecule has 1 saturated heterocycles. The Bertz CT molecular complexity index is 309. The Hall–Kier alpha value is -0.660. The van der Waals surface area contributed by atoms with Crippen molar-refractivity contribution in [3.63, 3.8) is 0 Å². The second kappa shape index (κ2) is 5.43. The summed E-state index contributed by atoms with van der Waals surface area (Å²) in [6.45, 7) is 2.22. The Morgan fingerprint density at radius 3 is 2.80 bits per heavy atom. The number of hydrogen-bond acceptors (Lipinski definition) is 4. The first-order valence-corrected chi connectivity index (χ1v) is 6.55. The topological polar surface area (TPSA) is 95.5 Å². The Morgan fingerprint density at radius 1 is 1.53 bits per heavy atom. The first-order valence-electron chi connectivity index (χ1n) is 4.89. The molecule has 0 saturated carbocycles. The molecule has 0 aromatic rings. The Labute approximate surface area is 89.1 Å². The number of rotatable bonds is 6. The van der Waals surface area contributed by atoms with Crippen LogP contribution in [0.5, 0.6) is 0 Å². The van der Waals surface area contributed by atoms with Gasteiger partial charge in [0.25, 0.3) is 0 Å². The van der Waals surface area contributed by atoms with E-state index in [1.54, 1.807) is 0 Å². The summed E-state index contributed by atoms with van der Waals surface area (Å²) in [5.74, 6) is -1.68. The average Bonchev–Trinajstić information content (AvgIpc) is 2.53. The van der Waals surface area contributed by atoms with E-state index in [1.165, 1.54) is 0 Å². The van der Waals surface area contributed by atoms with Crippen LogP contribution in [0.15, 0.2) is 0 Å². The molecule has 0 spiro atoms. The van der Waals surface area contributed by atoms with E-state index in [2.05, 4.69) is 10.0 Å². The highest BCUT2D eigenvalue weighted by molar-refractivity contribution is 7.90. The van der Waals surface area contributed by atoms with E-state index in [0.717, 1.165) is 25.9 Å². The number of carbonyl (C=O) groups is 1. The number of carboxylic acid groups (broad SMARTS) is 1. The van der Waals surface area contributed by atoms with Gasteiger partial charge in [-0.05, 0) is 31.8 Å². The first kappa shape index (κ1) is 12.4. The van der Waals surface area contributed by atoms with Crippen LogP contribution in [0.1, 0.15) is 12.8 Å². The molecule has 1 fully saturated rings. The lowest BCUT2D eigenvalue weighted by molar-refractivity contribution is -0.134. The van der Waals surface area contributed by atoms with Gasteiger partial charge in [0.1, 0.15) is 0 Å². The SMILES string of the molecule is O=C(O)CS(=O)(=O)NCCC1CCNC1. The normalized spacial score (nSPS) is 21.7. The fourth-order valence-electron chi connectivity index (χ4n) is 1.59. The molecule has 0 aliphatic carbocycles. The van der Waals surface area contributed by atoms with Gasteiger partial charge in [0.05, 0.1) is 0 Å². The maximum absolute atomic E-state index is 11.1. The summed E-state index contributed by atoms with van der Waals surface area (Å²) < 4.78 is 24.5. The number of nitrogens with one attached hydrogen (secondary N) is 2. The van der Waals surface area contributed by atoms with Gasteiger partial charge in [-0.3, -0.25) is 4.79 Å². The lowest BCUT2D eigenvalue weighted by Gasteiger charge is -2.08. The van der Waals surface area contributed by atoms with Gasteiger partial charge in [-0.1, -0.05) is 0 Å². The second-order valence-corrected chi connectivity index (χ2v) is 5.50. The Kier molecular flexibility index (Phi) is 4.49. The molecule has 0 bridgehead atoms. The van der Waals surface area contributed by atoms with Gasteiger partial charge in [0.15, 0.2) is 5.75 Å². The molecular formula is C8H16N2O4S. The zero-order chi connectivity index (χ0) is 11.3. The van der Waals surface area contributed by atoms with Crippen LogP contribution in [0.4, 0.5) is 0 Å². The average molecular weight is 236 g/mol. The van der Waals surface area contributed by atoms with Crippen LogP contribution in [-0.2, 0) is 14.8 Å². The molecule has 15 heavy (non-hydrogen) atoms. The molecule has 1 aliphatic rings. The Balaban J connectivity index is 2.20. The van der Waals surface area contributed by atoms with E-state index < -0.39 is 21.7 Å². The van der Waals surface area contributed by atoms with Crippen molar-refractivity contribution in [3.05, 3.63) is 0 Å². The van der Waals surface area contributed by atoms with Crippen molar-refractivity contribution < 1.29 is 18.3 Å². The van der Waals surface area contributed by atoms with E-state index in [9.17, 15) is 13.2 Å². The minimum absolute atomic E-state index is 0.321. The third-order valence-corrected chi connectivity index (χ3v) is 3.62. The predicted molar refractivity (Wildman–Crippen MR) is 55.0 cm³/mol. The van der Waals surface area contributed by atoms with Gasteiger partial charge in [-0.15, -0.1) is 0 Å². The summed E-state index contributed by atoms with van der Waals surface area (Å²) in [6.07, 6.45) is 1.81. The number of sulfonamides is 1. The molecule has 0 radical (unpaired) electrons. The van der Waals surface area contributed by atoms with Crippen molar-refractivity contribution in [3.8, 4) is 0 Å². The van der Waals surface area contributed by atoms with Crippen LogP contribution in [-0.4, -0.2) is 44.9 Å². The fraction of sp³-hybridized carbons (Fsp3) is 0.875. The smallest absolute Gasteiger partial charge is 0.320 e. The molecule has 6 nitrogen and oxygen atoms in total. The summed E-state index contributed by atoms with van der Waals surface area (Å²) in [4.78, 5) is 10.2.